The predicted octanol–water partition coefficient (Wildman–Crippen LogP) is 3.63. The summed E-state index contributed by atoms with van der Waals surface area (Å²) in [5.41, 5.74) is 2.09. The highest BCUT2D eigenvalue weighted by atomic mass is 32.2. The number of hydrogen-bond acceptors (Lipinski definition) is 5. The Morgan fingerprint density at radius 2 is 1.95 bits per heavy atom. The lowest BCUT2D eigenvalue weighted by Gasteiger charge is -2.21. The fourth-order valence-corrected chi connectivity index (χ4v) is 1.96. The van der Waals surface area contributed by atoms with Gasteiger partial charge in [0.1, 0.15) is 5.75 Å². The zero-order chi connectivity index (χ0) is 16.4. The van der Waals surface area contributed by atoms with Gasteiger partial charge in [-0.2, -0.15) is 18.7 Å². The zero-order valence-electron chi connectivity index (χ0n) is 12.2. The van der Waals surface area contributed by atoms with E-state index in [2.05, 4.69) is 0 Å². The molecule has 0 saturated carbocycles. The van der Waals surface area contributed by atoms with Crippen LogP contribution in [0.15, 0.2) is 24.3 Å². The molecule has 0 aliphatic rings. The normalized spacial score (nSPS) is 13.1. The second-order valence-corrected chi connectivity index (χ2v) is 5.30. The summed E-state index contributed by atoms with van der Waals surface area (Å²) in [5.74, 6) is 1.06. The Morgan fingerprint density at radius 3 is 2.50 bits per heavy atom. The summed E-state index contributed by atoms with van der Waals surface area (Å²) in [7, 11) is 0. The maximum atomic E-state index is 13.1. The Labute approximate surface area is 132 Å². The van der Waals surface area contributed by atoms with E-state index < -0.39 is 12.2 Å². The van der Waals surface area contributed by atoms with Crippen LogP contribution in [0.5, 0.6) is 5.75 Å². The Kier molecular flexibility index (Phi) is 8.62. The third kappa shape index (κ3) is 6.87. The highest BCUT2D eigenvalue weighted by Crippen LogP contribution is 2.33. The summed E-state index contributed by atoms with van der Waals surface area (Å²) in [6.07, 6.45) is -3.19. The van der Waals surface area contributed by atoms with Crippen molar-refractivity contribution in [2.24, 2.45) is 0 Å². The van der Waals surface area contributed by atoms with Crippen molar-refractivity contribution in [2.45, 2.75) is 32.0 Å². The maximum Gasteiger partial charge on any atom is 0.410 e. The van der Waals surface area contributed by atoms with Crippen LogP contribution >= 0.6 is 12.0 Å². The van der Waals surface area contributed by atoms with Crippen molar-refractivity contribution in [3.8, 4) is 5.75 Å². The summed E-state index contributed by atoms with van der Waals surface area (Å²) in [6.45, 7) is 2.23. The second-order valence-electron chi connectivity index (χ2n) is 4.49. The minimum Gasteiger partial charge on any atom is -0.494 e. The van der Waals surface area contributed by atoms with E-state index in [1.807, 2.05) is 12.4 Å². The fourth-order valence-electron chi connectivity index (χ4n) is 1.54. The Hall–Kier alpha value is -0.960. The molecule has 1 rings (SSSR count). The minimum absolute atomic E-state index is 0.00488. The first-order valence-electron chi connectivity index (χ1n) is 6.93. The third-order valence-corrected chi connectivity index (χ3v) is 3.41. The van der Waals surface area contributed by atoms with Crippen LogP contribution in [0.3, 0.4) is 0 Å². The van der Waals surface area contributed by atoms with Crippen LogP contribution in [-0.4, -0.2) is 30.2 Å². The van der Waals surface area contributed by atoms with E-state index in [1.54, 1.807) is 0 Å². The average molecular weight is 339 g/mol. The van der Waals surface area contributed by atoms with Gasteiger partial charge in [-0.25, -0.2) is 4.28 Å². The zero-order valence-corrected chi connectivity index (χ0v) is 13.0. The van der Waals surface area contributed by atoms with Crippen LogP contribution in [0.1, 0.15) is 31.4 Å². The maximum absolute atomic E-state index is 13.1. The lowest BCUT2D eigenvalue weighted by atomic mass is 10.1. The fraction of sp³-hybridized carbons (Fsp3) is 0.571. The second kappa shape index (κ2) is 9.94. The van der Waals surface area contributed by atoms with Crippen molar-refractivity contribution in [2.75, 3.05) is 19.0 Å². The number of hydrogen-bond donors (Lipinski definition) is 2. The Morgan fingerprint density at radius 1 is 1.27 bits per heavy atom. The van der Waals surface area contributed by atoms with Crippen LogP contribution in [0.2, 0.25) is 0 Å². The van der Waals surface area contributed by atoms with E-state index in [1.165, 1.54) is 24.3 Å². The number of aliphatic hydroxyl groups is 1. The molecule has 126 valence electrons. The lowest BCUT2D eigenvalue weighted by Crippen LogP contribution is -2.33. The van der Waals surface area contributed by atoms with E-state index in [4.69, 9.17) is 14.1 Å². The summed E-state index contributed by atoms with van der Waals surface area (Å²) < 4.78 is 49.3. The first-order valence-corrected chi connectivity index (χ1v) is 7.84. The molecule has 1 unspecified atom stereocenters. The monoisotopic (exact) mass is 339 g/mol. The van der Waals surface area contributed by atoms with Gasteiger partial charge in [0.25, 0.3) is 0 Å². The number of ether oxygens (including phenoxy) is 1. The van der Waals surface area contributed by atoms with Gasteiger partial charge in [-0.05, 0) is 24.1 Å². The molecule has 0 aromatic heterocycles. The molecule has 0 bridgehead atoms. The molecule has 8 heteroatoms. The molecule has 0 fully saturated rings. The summed E-state index contributed by atoms with van der Waals surface area (Å²) in [6, 6.07) is 3.71. The average Bonchev–Trinajstić information content (AvgIpc) is 2.47. The van der Waals surface area contributed by atoms with Gasteiger partial charge in [0.15, 0.2) is 6.04 Å². The number of rotatable bonds is 10. The van der Waals surface area contributed by atoms with Gasteiger partial charge in [-0.15, -0.1) is 0 Å². The molecule has 22 heavy (non-hydrogen) atoms. The number of nitrogens with one attached hydrogen (secondary N) is 1. The molecular weight excluding hydrogens is 319 g/mol. The highest BCUT2D eigenvalue weighted by Gasteiger charge is 2.41. The molecule has 0 heterocycles. The van der Waals surface area contributed by atoms with Gasteiger partial charge in [-0.1, -0.05) is 19.1 Å². The van der Waals surface area contributed by atoms with E-state index >= 15 is 0 Å². The molecule has 2 N–H and O–H groups in total. The van der Waals surface area contributed by atoms with E-state index in [0.717, 1.165) is 18.5 Å². The number of alkyl halides is 3. The standard InChI is InChI=1S/C14H20F3NO3S/c1-2-10-22-21-18-13(14(15,16)17)11-4-6-12(7-5-11)20-9-3-8-19/h4-7,13,18-19H,2-3,8-10H2,1H3. The smallest absolute Gasteiger partial charge is 0.410 e. The number of halogens is 3. The molecule has 0 saturated heterocycles. The summed E-state index contributed by atoms with van der Waals surface area (Å²) in [4.78, 5) is 0. The molecule has 1 atom stereocenters. The van der Waals surface area contributed by atoms with Gasteiger partial charge in [-0.3, -0.25) is 0 Å². The van der Waals surface area contributed by atoms with E-state index in [0.29, 0.717) is 24.5 Å². The number of aliphatic hydroxyl groups excluding tert-OH is 1. The topological polar surface area (TPSA) is 50.7 Å². The van der Waals surface area contributed by atoms with Gasteiger partial charge in [0.05, 0.1) is 6.61 Å². The van der Waals surface area contributed by atoms with Gasteiger partial charge >= 0.3 is 6.18 Å². The van der Waals surface area contributed by atoms with Gasteiger partial charge in [0, 0.05) is 30.8 Å². The minimum atomic E-state index is -4.47. The largest absolute Gasteiger partial charge is 0.494 e. The van der Waals surface area contributed by atoms with E-state index in [9.17, 15) is 13.2 Å². The van der Waals surface area contributed by atoms with Crippen LogP contribution in [-0.2, 0) is 4.28 Å². The van der Waals surface area contributed by atoms with Crippen LogP contribution < -0.4 is 10.2 Å². The molecule has 1 aromatic rings. The van der Waals surface area contributed by atoms with Crippen molar-refractivity contribution < 1.29 is 27.3 Å². The molecular formula is C14H20F3NO3S. The SMILES string of the molecule is CCCSONC(c1ccc(OCCCO)cc1)C(F)(F)F. The molecule has 4 nitrogen and oxygen atoms in total. The molecule has 0 aliphatic carbocycles. The Bertz CT molecular complexity index is 415. The number of benzene rings is 1. The molecule has 1 aromatic carbocycles. The quantitative estimate of drug-likeness (QED) is 0.387. The van der Waals surface area contributed by atoms with Crippen molar-refractivity contribution >= 4 is 12.0 Å². The van der Waals surface area contributed by atoms with Crippen LogP contribution in [0.4, 0.5) is 13.2 Å². The van der Waals surface area contributed by atoms with Crippen LogP contribution in [0, 0.1) is 0 Å². The number of hydroxylamine groups is 1. The van der Waals surface area contributed by atoms with E-state index in [-0.39, 0.29) is 12.2 Å². The first kappa shape index (κ1) is 19.1. The summed E-state index contributed by atoms with van der Waals surface area (Å²) in [5, 5.41) is 8.64. The van der Waals surface area contributed by atoms with Crippen LogP contribution in [0.25, 0.3) is 0 Å². The molecule has 0 aliphatic heterocycles. The third-order valence-electron chi connectivity index (χ3n) is 2.62. The first-order chi connectivity index (χ1) is 10.5. The summed E-state index contributed by atoms with van der Waals surface area (Å²) >= 11 is 0.950. The lowest BCUT2D eigenvalue weighted by molar-refractivity contribution is -0.173. The molecule has 0 radical (unpaired) electrons. The van der Waals surface area contributed by atoms with Crippen molar-refractivity contribution in [1.82, 2.24) is 5.48 Å². The molecule has 0 amide bonds. The van der Waals surface area contributed by atoms with Gasteiger partial charge < -0.3 is 9.84 Å². The highest BCUT2D eigenvalue weighted by molar-refractivity contribution is 7.94. The predicted molar refractivity (Wildman–Crippen MR) is 79.4 cm³/mol. The van der Waals surface area contributed by atoms with Gasteiger partial charge in [0.2, 0.25) is 0 Å². The van der Waals surface area contributed by atoms with Crippen molar-refractivity contribution in [3.63, 3.8) is 0 Å². The van der Waals surface area contributed by atoms with Crippen molar-refractivity contribution in [3.05, 3.63) is 29.8 Å². The molecule has 0 spiro atoms. The Balaban J connectivity index is 2.65. The van der Waals surface area contributed by atoms with Crippen molar-refractivity contribution in [1.29, 1.82) is 0 Å².